The van der Waals surface area contributed by atoms with Crippen LogP contribution in [0.3, 0.4) is 0 Å². The first-order valence-corrected chi connectivity index (χ1v) is 6.80. The molecule has 0 aliphatic heterocycles. The van der Waals surface area contributed by atoms with E-state index in [1.807, 2.05) is 30.3 Å². The van der Waals surface area contributed by atoms with Crippen molar-refractivity contribution >= 4 is 24.2 Å². The van der Waals surface area contributed by atoms with Gasteiger partial charge in [0, 0.05) is 25.5 Å². The second-order valence-electron chi connectivity index (χ2n) is 4.55. The molecule has 0 aliphatic rings. The quantitative estimate of drug-likeness (QED) is 0.660. The van der Waals surface area contributed by atoms with E-state index in [1.165, 1.54) is 25.5 Å². The Morgan fingerprint density at radius 1 is 1.30 bits per heavy atom. The predicted octanol–water partition coefficient (Wildman–Crippen LogP) is 1.05. The van der Waals surface area contributed by atoms with Crippen LogP contribution in [0.4, 0.5) is 0 Å². The first-order chi connectivity index (χ1) is 11.1. The number of carbonyl (C=O) groups excluding carboxylic acids is 3. The number of hydrazine groups is 1. The van der Waals surface area contributed by atoms with E-state index in [0.29, 0.717) is 0 Å². The highest BCUT2D eigenvalue weighted by atomic mass is 16.2. The lowest BCUT2D eigenvalue weighted by Crippen LogP contribution is -2.48. The minimum atomic E-state index is -0.535. The van der Waals surface area contributed by atoms with Gasteiger partial charge in [-0.3, -0.25) is 14.4 Å². The molecule has 1 aromatic heterocycles. The molecule has 1 aromatic carbocycles. The van der Waals surface area contributed by atoms with Gasteiger partial charge in [0.25, 0.3) is 5.91 Å². The summed E-state index contributed by atoms with van der Waals surface area (Å²) in [7, 11) is 1.39. The number of nitrogens with zero attached hydrogens (tertiary/aromatic N) is 3. The second-order valence-corrected chi connectivity index (χ2v) is 4.55. The molecule has 2 rings (SSSR count). The largest absolute Gasteiger partial charge is 0.340 e. The fraction of sp³-hybridized carbons (Fsp3) is 0.125. The Hall–Kier alpha value is -3.22. The number of amides is 2. The minimum absolute atomic E-state index is 0.0724. The minimum Gasteiger partial charge on any atom is -0.340 e. The molecule has 2 aromatic rings. The van der Waals surface area contributed by atoms with Gasteiger partial charge in [-0.2, -0.15) is 0 Å². The average molecular weight is 311 g/mol. The Kier molecular flexibility index (Phi) is 5.40. The van der Waals surface area contributed by atoms with Crippen LogP contribution in [-0.4, -0.2) is 51.7 Å². The van der Waals surface area contributed by atoms with Crippen molar-refractivity contribution in [1.29, 1.82) is 0 Å². The van der Waals surface area contributed by atoms with E-state index in [-0.39, 0.29) is 12.4 Å². The number of H-pyrrole nitrogens is 1. The third-order valence-corrected chi connectivity index (χ3v) is 3.04. The van der Waals surface area contributed by atoms with Gasteiger partial charge in [-0.1, -0.05) is 30.3 Å². The molecule has 1 N–H and O–H groups in total. The Labute approximate surface area is 133 Å². The zero-order valence-electron chi connectivity index (χ0n) is 12.5. The molecule has 1 radical (unpaired) electrons. The number of hydrogen-bond donors (Lipinski definition) is 1. The van der Waals surface area contributed by atoms with E-state index in [1.54, 1.807) is 12.4 Å². The van der Waals surface area contributed by atoms with Crippen LogP contribution in [0, 0.1) is 0 Å². The second kappa shape index (κ2) is 7.69. The summed E-state index contributed by atoms with van der Waals surface area (Å²) in [4.78, 5) is 41.6. The molecule has 0 atom stereocenters. The van der Waals surface area contributed by atoms with Gasteiger partial charge < -0.3 is 4.98 Å². The molecule has 1 heterocycles. The number of aromatic amines is 1. The zero-order chi connectivity index (χ0) is 16.7. The number of benzene rings is 1. The molecule has 23 heavy (non-hydrogen) atoms. The van der Waals surface area contributed by atoms with Gasteiger partial charge >= 0.3 is 5.91 Å². The topological polar surface area (TPSA) is 86.4 Å². The standard InChI is InChI=1S/C16H15N4O3/c1-19(16(23)15-17-9-10-18-15)20(11-12-21)14(22)8-7-13-5-3-2-4-6-13/h2-10H,11H2,1H3,(H,17,18). The lowest BCUT2D eigenvalue weighted by Gasteiger charge is -2.28. The maximum Gasteiger partial charge on any atom is 0.307 e. The summed E-state index contributed by atoms with van der Waals surface area (Å²) < 4.78 is 0. The first-order valence-electron chi connectivity index (χ1n) is 6.80. The van der Waals surface area contributed by atoms with Gasteiger partial charge in [0.2, 0.25) is 6.29 Å². The van der Waals surface area contributed by atoms with Crippen LogP contribution in [0.1, 0.15) is 16.2 Å². The highest BCUT2D eigenvalue weighted by Gasteiger charge is 2.23. The van der Waals surface area contributed by atoms with Crippen molar-refractivity contribution in [3.63, 3.8) is 0 Å². The lowest BCUT2D eigenvalue weighted by molar-refractivity contribution is -0.136. The van der Waals surface area contributed by atoms with Crippen molar-refractivity contribution in [3.05, 3.63) is 60.2 Å². The molecule has 0 spiro atoms. The maximum atomic E-state index is 12.3. The van der Waals surface area contributed by atoms with Gasteiger partial charge in [-0.05, 0) is 11.6 Å². The van der Waals surface area contributed by atoms with Gasteiger partial charge in [0.1, 0.15) is 6.54 Å². The summed E-state index contributed by atoms with van der Waals surface area (Å²) in [5, 5.41) is 2.01. The van der Waals surface area contributed by atoms with E-state index in [9.17, 15) is 14.4 Å². The third-order valence-electron chi connectivity index (χ3n) is 3.04. The van der Waals surface area contributed by atoms with Crippen LogP contribution in [0.15, 0.2) is 48.8 Å². The average Bonchev–Trinajstić information content (AvgIpc) is 3.11. The maximum absolute atomic E-state index is 12.3. The number of carbonyl (C=O) groups is 2. The molecule has 2 amide bonds. The molecule has 7 heteroatoms. The van der Waals surface area contributed by atoms with Gasteiger partial charge in [0.15, 0.2) is 5.82 Å². The summed E-state index contributed by atoms with van der Waals surface area (Å²) in [6, 6.07) is 9.21. The van der Waals surface area contributed by atoms with E-state index >= 15 is 0 Å². The Morgan fingerprint density at radius 2 is 2.04 bits per heavy atom. The van der Waals surface area contributed by atoms with Crippen LogP contribution < -0.4 is 0 Å². The molecular weight excluding hydrogens is 296 g/mol. The summed E-state index contributed by atoms with van der Waals surface area (Å²) in [5.41, 5.74) is 0.830. The third kappa shape index (κ3) is 4.13. The number of hydrogen-bond acceptors (Lipinski definition) is 4. The van der Waals surface area contributed by atoms with Crippen LogP contribution in [0.2, 0.25) is 0 Å². The molecule has 0 bridgehead atoms. The fourth-order valence-corrected chi connectivity index (χ4v) is 1.86. The van der Waals surface area contributed by atoms with Crippen LogP contribution in [0.5, 0.6) is 0 Å². The molecule has 7 nitrogen and oxygen atoms in total. The predicted molar refractivity (Wildman–Crippen MR) is 83.6 cm³/mol. The molecule has 0 unspecified atom stereocenters. The lowest BCUT2D eigenvalue weighted by atomic mass is 10.2. The number of imidazole rings is 1. The van der Waals surface area contributed by atoms with E-state index in [2.05, 4.69) is 9.97 Å². The van der Waals surface area contributed by atoms with E-state index in [0.717, 1.165) is 15.6 Å². The van der Waals surface area contributed by atoms with Crippen molar-refractivity contribution < 1.29 is 14.4 Å². The smallest absolute Gasteiger partial charge is 0.307 e. The van der Waals surface area contributed by atoms with Crippen molar-refractivity contribution in [2.24, 2.45) is 0 Å². The molecule has 0 fully saturated rings. The summed E-state index contributed by atoms with van der Waals surface area (Å²) in [5.74, 6) is -0.977. The molecule has 0 aliphatic carbocycles. The van der Waals surface area contributed by atoms with Crippen LogP contribution in [-0.2, 0) is 9.59 Å². The van der Waals surface area contributed by atoms with Gasteiger partial charge in [0.05, 0.1) is 0 Å². The molecule has 0 saturated carbocycles. The summed E-state index contributed by atoms with van der Waals surface area (Å²) in [6.07, 6.45) is 7.44. The Morgan fingerprint density at radius 3 is 2.65 bits per heavy atom. The zero-order valence-corrected chi connectivity index (χ0v) is 12.5. The van der Waals surface area contributed by atoms with E-state index < -0.39 is 11.8 Å². The SMILES string of the molecule is CN(C(=O)c1ncc[nH]1)N(C[C]=O)C(=O)C=Cc1ccccc1. The van der Waals surface area contributed by atoms with Gasteiger partial charge in [-0.25, -0.2) is 15.0 Å². The number of nitrogens with one attached hydrogen (secondary N) is 1. The highest BCUT2D eigenvalue weighted by molar-refractivity contribution is 5.96. The van der Waals surface area contributed by atoms with Crippen LogP contribution in [0.25, 0.3) is 6.08 Å². The highest BCUT2D eigenvalue weighted by Crippen LogP contribution is 2.05. The Bertz CT molecular complexity index is 695. The fourth-order valence-electron chi connectivity index (χ4n) is 1.86. The molecular formula is C16H15N4O3. The molecule has 0 saturated heterocycles. The molecule has 117 valence electrons. The van der Waals surface area contributed by atoms with Crippen molar-refractivity contribution in [2.75, 3.05) is 13.6 Å². The van der Waals surface area contributed by atoms with Crippen molar-refractivity contribution in [1.82, 2.24) is 20.0 Å². The first kappa shape index (κ1) is 16.2. The number of rotatable bonds is 5. The monoisotopic (exact) mass is 311 g/mol. The van der Waals surface area contributed by atoms with Crippen molar-refractivity contribution in [2.45, 2.75) is 0 Å². The summed E-state index contributed by atoms with van der Waals surface area (Å²) in [6.45, 7) is -0.360. The Balaban J connectivity index is 2.13. The normalized spacial score (nSPS) is 10.5. The van der Waals surface area contributed by atoms with Crippen molar-refractivity contribution in [3.8, 4) is 0 Å². The van der Waals surface area contributed by atoms with Crippen LogP contribution >= 0.6 is 0 Å². The van der Waals surface area contributed by atoms with Gasteiger partial charge in [-0.15, -0.1) is 0 Å². The van der Waals surface area contributed by atoms with E-state index in [4.69, 9.17) is 0 Å². The number of aromatic nitrogens is 2. The summed E-state index contributed by atoms with van der Waals surface area (Å²) >= 11 is 0.